The van der Waals surface area contributed by atoms with E-state index >= 15 is 0 Å². The Labute approximate surface area is 110 Å². The van der Waals surface area contributed by atoms with Gasteiger partial charge < -0.3 is 10.5 Å². The lowest BCUT2D eigenvalue weighted by molar-refractivity contribution is -0.0600. The minimum Gasteiger partial charge on any atom is -0.377 e. The Morgan fingerprint density at radius 2 is 2.17 bits per heavy atom. The molecule has 4 nitrogen and oxygen atoms in total. The highest BCUT2D eigenvalue weighted by Crippen LogP contribution is 2.34. The predicted octanol–water partition coefficient (Wildman–Crippen LogP) is 2.03. The van der Waals surface area contributed by atoms with Gasteiger partial charge in [-0.3, -0.25) is 4.68 Å². The van der Waals surface area contributed by atoms with Crippen LogP contribution in [-0.4, -0.2) is 28.5 Å². The maximum Gasteiger partial charge on any atom is 0.0828 e. The van der Waals surface area contributed by atoms with Crippen LogP contribution in [0.4, 0.5) is 0 Å². The zero-order chi connectivity index (χ0) is 13.0. The first-order valence-electron chi connectivity index (χ1n) is 6.94. The second-order valence-corrected chi connectivity index (χ2v) is 5.50. The Morgan fingerprint density at radius 1 is 1.44 bits per heavy atom. The average Bonchev–Trinajstić information content (AvgIpc) is 2.82. The molecule has 1 atom stereocenters. The molecule has 1 aromatic heterocycles. The molecular weight excluding hydrogens is 226 g/mol. The Kier molecular flexibility index (Phi) is 4.40. The van der Waals surface area contributed by atoms with E-state index in [0.717, 1.165) is 25.7 Å². The van der Waals surface area contributed by atoms with Gasteiger partial charge in [-0.1, -0.05) is 19.3 Å². The van der Waals surface area contributed by atoms with E-state index in [1.54, 1.807) is 0 Å². The fraction of sp³-hybridized carbons (Fsp3) is 0.786. The smallest absolute Gasteiger partial charge is 0.0828 e. The van der Waals surface area contributed by atoms with Crippen LogP contribution in [0.1, 0.15) is 44.1 Å². The number of aromatic nitrogens is 2. The molecule has 0 radical (unpaired) electrons. The molecule has 4 heteroatoms. The first kappa shape index (κ1) is 13.6. The highest BCUT2D eigenvalue weighted by Gasteiger charge is 2.37. The van der Waals surface area contributed by atoms with Crippen LogP contribution in [0.3, 0.4) is 0 Å². The minimum absolute atomic E-state index is 0.0829. The molecule has 18 heavy (non-hydrogen) atoms. The lowest BCUT2D eigenvalue weighted by Crippen LogP contribution is -2.51. The second-order valence-electron chi connectivity index (χ2n) is 5.50. The molecule has 0 spiro atoms. The van der Waals surface area contributed by atoms with Crippen LogP contribution in [0.5, 0.6) is 0 Å². The zero-order valence-corrected chi connectivity index (χ0v) is 11.6. The lowest BCUT2D eigenvalue weighted by atomic mass is 9.78. The predicted molar refractivity (Wildman–Crippen MR) is 72.3 cm³/mol. The summed E-state index contributed by atoms with van der Waals surface area (Å²) >= 11 is 0. The Bertz CT molecular complexity index is 369. The molecule has 0 amide bonds. The van der Waals surface area contributed by atoms with Crippen LogP contribution in [-0.2, 0) is 18.2 Å². The molecule has 0 aromatic carbocycles. The number of hydrogen-bond donors (Lipinski definition) is 1. The summed E-state index contributed by atoms with van der Waals surface area (Å²) in [5.41, 5.74) is 7.57. The van der Waals surface area contributed by atoms with Crippen molar-refractivity contribution in [2.45, 2.75) is 56.6 Å². The third kappa shape index (κ3) is 2.93. The van der Waals surface area contributed by atoms with Crippen molar-refractivity contribution in [3.63, 3.8) is 0 Å². The Hall–Kier alpha value is -0.870. The van der Waals surface area contributed by atoms with Crippen LogP contribution in [0, 0.1) is 0 Å². The van der Waals surface area contributed by atoms with E-state index < -0.39 is 0 Å². The maximum atomic E-state index is 6.40. The molecule has 0 bridgehead atoms. The monoisotopic (exact) mass is 251 g/mol. The Balaban J connectivity index is 1.91. The van der Waals surface area contributed by atoms with Gasteiger partial charge in [-0.05, 0) is 31.2 Å². The molecular formula is C14H25N3O. The summed E-state index contributed by atoms with van der Waals surface area (Å²) in [5.74, 6) is 0. The van der Waals surface area contributed by atoms with Crippen molar-refractivity contribution >= 4 is 0 Å². The average molecular weight is 251 g/mol. The van der Waals surface area contributed by atoms with Crippen molar-refractivity contribution in [2.24, 2.45) is 12.8 Å². The summed E-state index contributed by atoms with van der Waals surface area (Å²) < 4.78 is 7.63. The van der Waals surface area contributed by atoms with Gasteiger partial charge in [0.15, 0.2) is 0 Å². The number of rotatable bonds is 5. The molecule has 1 aromatic rings. The molecule has 1 aliphatic rings. The van der Waals surface area contributed by atoms with E-state index in [9.17, 15) is 0 Å². The fourth-order valence-electron chi connectivity index (χ4n) is 3.06. The quantitative estimate of drug-likeness (QED) is 0.871. The molecule has 1 fully saturated rings. The number of nitrogens with two attached hydrogens (primary N) is 1. The molecule has 0 aliphatic heterocycles. The summed E-state index contributed by atoms with van der Waals surface area (Å²) in [7, 11) is 3.76. The van der Waals surface area contributed by atoms with E-state index in [-0.39, 0.29) is 11.6 Å². The van der Waals surface area contributed by atoms with Gasteiger partial charge in [0.05, 0.1) is 11.8 Å². The molecule has 1 heterocycles. The van der Waals surface area contributed by atoms with Gasteiger partial charge in [0.25, 0.3) is 0 Å². The normalized spacial score (nSPS) is 20.8. The van der Waals surface area contributed by atoms with Crippen LogP contribution < -0.4 is 5.73 Å². The second kappa shape index (κ2) is 5.85. The van der Waals surface area contributed by atoms with Crippen LogP contribution in [0.25, 0.3) is 0 Å². The van der Waals surface area contributed by atoms with Gasteiger partial charge >= 0.3 is 0 Å². The number of ether oxygens (including phenoxy) is 1. The molecule has 1 unspecified atom stereocenters. The summed E-state index contributed by atoms with van der Waals surface area (Å²) in [4.78, 5) is 0. The van der Waals surface area contributed by atoms with Gasteiger partial charge in [-0.25, -0.2) is 0 Å². The summed E-state index contributed by atoms with van der Waals surface area (Å²) in [6, 6.07) is 0.128. The highest BCUT2D eigenvalue weighted by atomic mass is 16.5. The fourth-order valence-corrected chi connectivity index (χ4v) is 3.06. The molecule has 2 rings (SSSR count). The summed E-state index contributed by atoms with van der Waals surface area (Å²) in [6.07, 6.45) is 12.0. The van der Waals surface area contributed by atoms with Gasteiger partial charge in [0.2, 0.25) is 0 Å². The molecule has 0 saturated heterocycles. The topological polar surface area (TPSA) is 53.1 Å². The van der Waals surface area contributed by atoms with E-state index in [4.69, 9.17) is 10.5 Å². The van der Waals surface area contributed by atoms with Crippen molar-refractivity contribution in [3.8, 4) is 0 Å². The molecule has 102 valence electrons. The first-order chi connectivity index (χ1) is 8.66. The van der Waals surface area contributed by atoms with Crippen LogP contribution in [0.2, 0.25) is 0 Å². The SMILES string of the molecule is COC1(C(N)CCc2cnn(C)c2)CCCCC1. The molecule has 2 N–H and O–H groups in total. The van der Waals surface area contributed by atoms with Crippen molar-refractivity contribution < 1.29 is 4.74 Å². The van der Waals surface area contributed by atoms with Gasteiger partial charge in [-0.2, -0.15) is 5.10 Å². The van der Waals surface area contributed by atoms with Crippen LogP contribution in [0.15, 0.2) is 12.4 Å². The Morgan fingerprint density at radius 3 is 2.72 bits per heavy atom. The van der Waals surface area contributed by atoms with Crippen molar-refractivity contribution in [1.29, 1.82) is 0 Å². The van der Waals surface area contributed by atoms with Crippen LogP contribution >= 0.6 is 0 Å². The van der Waals surface area contributed by atoms with E-state index in [2.05, 4.69) is 11.3 Å². The lowest BCUT2D eigenvalue weighted by Gasteiger charge is -2.40. The van der Waals surface area contributed by atoms with Gasteiger partial charge in [0, 0.05) is 26.4 Å². The third-order valence-electron chi connectivity index (χ3n) is 4.28. The number of aryl methyl sites for hydroxylation is 2. The van der Waals surface area contributed by atoms with Gasteiger partial charge in [-0.15, -0.1) is 0 Å². The standard InChI is InChI=1S/C14H25N3O/c1-17-11-12(10-16-17)6-7-13(15)14(18-2)8-4-3-5-9-14/h10-11,13H,3-9,15H2,1-2H3. The number of methoxy groups -OCH3 is 1. The van der Waals surface area contributed by atoms with E-state index in [0.29, 0.717) is 0 Å². The maximum absolute atomic E-state index is 6.40. The molecule has 1 aliphatic carbocycles. The highest BCUT2D eigenvalue weighted by molar-refractivity contribution is 5.05. The van der Waals surface area contributed by atoms with Crippen molar-refractivity contribution in [2.75, 3.05) is 7.11 Å². The van der Waals surface area contributed by atoms with E-state index in [1.165, 1.54) is 24.8 Å². The van der Waals surface area contributed by atoms with Crippen molar-refractivity contribution in [1.82, 2.24) is 9.78 Å². The summed E-state index contributed by atoms with van der Waals surface area (Å²) in [6.45, 7) is 0. The third-order valence-corrected chi connectivity index (χ3v) is 4.28. The van der Waals surface area contributed by atoms with E-state index in [1.807, 2.05) is 25.0 Å². The summed E-state index contributed by atoms with van der Waals surface area (Å²) in [5, 5.41) is 4.19. The number of nitrogens with zero attached hydrogens (tertiary/aromatic N) is 2. The zero-order valence-electron chi connectivity index (χ0n) is 11.6. The van der Waals surface area contributed by atoms with Crippen molar-refractivity contribution in [3.05, 3.63) is 18.0 Å². The largest absolute Gasteiger partial charge is 0.377 e. The number of hydrogen-bond acceptors (Lipinski definition) is 3. The first-order valence-corrected chi connectivity index (χ1v) is 6.94. The molecule has 1 saturated carbocycles. The minimum atomic E-state index is -0.0829. The van der Waals surface area contributed by atoms with Gasteiger partial charge in [0.1, 0.15) is 0 Å².